The molecule has 4 atom stereocenters. The van der Waals surface area contributed by atoms with Crippen molar-refractivity contribution < 1.29 is 29.1 Å². The second-order valence-electron chi connectivity index (χ2n) is 12.3. The molecule has 6 N–H and O–H groups in total. The van der Waals surface area contributed by atoms with E-state index in [1.807, 2.05) is 54.6 Å². The normalized spacial score (nSPS) is 22.6. The molecule has 2 aliphatic heterocycles. The van der Waals surface area contributed by atoms with Gasteiger partial charge in [0.15, 0.2) is 0 Å². The Kier molecular flexibility index (Phi) is 9.70. The molecule has 2 saturated heterocycles. The van der Waals surface area contributed by atoms with Gasteiger partial charge in [-0.2, -0.15) is 0 Å². The van der Waals surface area contributed by atoms with Crippen LogP contribution in [0, 0.1) is 0 Å². The second-order valence-corrected chi connectivity index (χ2v) is 12.3. The molecule has 12 nitrogen and oxygen atoms in total. The van der Waals surface area contributed by atoms with Crippen molar-refractivity contribution in [3.8, 4) is 5.75 Å². The predicted molar refractivity (Wildman–Crippen MR) is 177 cm³/mol. The highest BCUT2D eigenvalue weighted by atomic mass is 16.3. The summed E-state index contributed by atoms with van der Waals surface area (Å²) in [5.74, 6) is -2.63. The number of phenols is 1. The zero-order chi connectivity index (χ0) is 33.6. The number of H-pyrrole nitrogens is 1. The largest absolute Gasteiger partial charge is 0.508 e. The summed E-state index contributed by atoms with van der Waals surface area (Å²) in [4.78, 5) is 73.3. The Balaban J connectivity index is 1.33. The van der Waals surface area contributed by atoms with Crippen LogP contribution in [0.5, 0.6) is 5.75 Å². The lowest BCUT2D eigenvalue weighted by Gasteiger charge is -2.30. The fraction of sp³-hybridized carbons (Fsp3) is 0.306. The number of benzene rings is 3. The van der Waals surface area contributed by atoms with E-state index < -0.39 is 60.2 Å². The van der Waals surface area contributed by atoms with Crippen LogP contribution in [0.25, 0.3) is 10.9 Å². The van der Waals surface area contributed by atoms with Crippen molar-refractivity contribution >= 4 is 40.4 Å². The number of carbonyl (C=O) groups is 5. The Labute approximate surface area is 277 Å². The molecule has 248 valence electrons. The lowest BCUT2D eigenvalue weighted by molar-refractivity contribution is -0.142. The van der Waals surface area contributed by atoms with Gasteiger partial charge in [-0.1, -0.05) is 60.7 Å². The maximum absolute atomic E-state index is 14.0. The monoisotopic (exact) mass is 650 g/mol. The second kappa shape index (κ2) is 14.4. The first-order valence-corrected chi connectivity index (χ1v) is 16.1. The maximum Gasteiger partial charge on any atom is 0.246 e. The molecule has 2 aliphatic rings. The van der Waals surface area contributed by atoms with Crippen molar-refractivity contribution in [2.75, 3.05) is 13.1 Å². The van der Waals surface area contributed by atoms with Crippen LogP contribution in [-0.2, 0) is 43.2 Å². The fourth-order valence-electron chi connectivity index (χ4n) is 6.44. The van der Waals surface area contributed by atoms with E-state index in [-0.39, 0.29) is 25.0 Å². The number of para-hydroxylation sites is 1. The average Bonchev–Trinajstić information content (AvgIpc) is 3.75. The zero-order valence-electron chi connectivity index (χ0n) is 26.3. The average molecular weight is 651 g/mol. The van der Waals surface area contributed by atoms with Gasteiger partial charge in [-0.25, -0.2) is 0 Å². The predicted octanol–water partition coefficient (Wildman–Crippen LogP) is 1.48. The quantitative estimate of drug-likeness (QED) is 0.185. The van der Waals surface area contributed by atoms with Gasteiger partial charge < -0.3 is 36.3 Å². The van der Waals surface area contributed by atoms with E-state index in [0.29, 0.717) is 24.9 Å². The molecular weight excluding hydrogens is 612 g/mol. The van der Waals surface area contributed by atoms with E-state index in [1.165, 1.54) is 17.0 Å². The minimum atomic E-state index is -1.07. The van der Waals surface area contributed by atoms with Crippen LogP contribution < -0.4 is 21.3 Å². The van der Waals surface area contributed by atoms with E-state index in [9.17, 15) is 29.1 Å². The molecule has 6 rings (SSSR count). The summed E-state index contributed by atoms with van der Waals surface area (Å²) in [6.07, 6.45) is 3.12. The molecule has 1 aromatic heterocycles. The molecule has 2 fully saturated rings. The molecule has 12 heteroatoms. The first-order chi connectivity index (χ1) is 23.2. The van der Waals surface area contributed by atoms with Gasteiger partial charge in [0.2, 0.25) is 29.5 Å². The third-order valence-corrected chi connectivity index (χ3v) is 8.92. The molecule has 48 heavy (non-hydrogen) atoms. The Hall–Kier alpha value is -5.65. The number of hydrogen-bond donors (Lipinski definition) is 6. The van der Waals surface area contributed by atoms with Crippen molar-refractivity contribution in [3.63, 3.8) is 0 Å². The van der Waals surface area contributed by atoms with Crippen LogP contribution in [0.3, 0.4) is 0 Å². The molecule has 3 heterocycles. The molecule has 0 spiro atoms. The highest BCUT2D eigenvalue weighted by Crippen LogP contribution is 2.23. The molecule has 3 aromatic carbocycles. The minimum Gasteiger partial charge on any atom is -0.508 e. The van der Waals surface area contributed by atoms with E-state index in [4.69, 9.17) is 0 Å². The van der Waals surface area contributed by atoms with Crippen molar-refractivity contribution in [1.82, 2.24) is 31.2 Å². The molecule has 0 bridgehead atoms. The van der Waals surface area contributed by atoms with Gasteiger partial charge >= 0.3 is 0 Å². The SMILES string of the molecule is O=C1CNC(=O)[C@H](Cc2ccccc2)NC(=O)[C@@H](Cc2c[nH]c3ccccc23)NC(=O)[C@@H]2CCCN2C(=O)[C@@H](Cc2ccc(O)cc2)N1. The summed E-state index contributed by atoms with van der Waals surface area (Å²) in [7, 11) is 0. The van der Waals surface area contributed by atoms with Gasteiger partial charge in [-0.05, 0) is 47.7 Å². The van der Waals surface area contributed by atoms with Gasteiger partial charge in [-0.3, -0.25) is 24.0 Å². The third kappa shape index (κ3) is 7.49. The summed E-state index contributed by atoms with van der Waals surface area (Å²) in [6, 6.07) is 19.1. The highest BCUT2D eigenvalue weighted by molar-refractivity contribution is 5.98. The fourth-order valence-corrected chi connectivity index (χ4v) is 6.44. The van der Waals surface area contributed by atoms with Gasteiger partial charge in [-0.15, -0.1) is 0 Å². The molecule has 0 unspecified atom stereocenters. The summed E-state index contributed by atoms with van der Waals surface area (Å²) in [5.41, 5.74) is 3.15. The standard InChI is InChI=1S/C36H38N6O6/c43-25-14-12-23(13-15-25)18-30-36(48)42-16-6-11-31(42)35(47)41-29(19-24-20-37-27-10-5-4-9-26(24)27)34(46)40-28(17-22-7-2-1-3-8-22)33(45)38-21-32(44)39-30/h1-5,7-10,12-15,20,28-31,37,43H,6,11,16-19,21H2,(H,38,45)(H,39,44)(H,40,46)(H,41,47)/t28-,29+,30+,31-/m0/s1. The van der Waals surface area contributed by atoms with E-state index >= 15 is 0 Å². The summed E-state index contributed by atoms with van der Waals surface area (Å²) in [5, 5.41) is 21.7. The molecule has 5 amide bonds. The lowest BCUT2D eigenvalue weighted by atomic mass is 10.0. The van der Waals surface area contributed by atoms with Crippen LogP contribution >= 0.6 is 0 Å². The minimum absolute atomic E-state index is 0.0607. The van der Waals surface area contributed by atoms with Gasteiger partial charge in [0.25, 0.3) is 0 Å². The highest BCUT2D eigenvalue weighted by Gasteiger charge is 2.39. The van der Waals surface area contributed by atoms with Crippen LogP contribution in [0.1, 0.15) is 29.5 Å². The van der Waals surface area contributed by atoms with Crippen molar-refractivity contribution in [2.24, 2.45) is 0 Å². The summed E-state index contributed by atoms with van der Waals surface area (Å²) < 4.78 is 0. The third-order valence-electron chi connectivity index (χ3n) is 8.92. The number of nitrogens with zero attached hydrogens (tertiary/aromatic N) is 1. The van der Waals surface area contributed by atoms with Crippen LogP contribution in [0.15, 0.2) is 85.1 Å². The van der Waals surface area contributed by atoms with E-state index in [2.05, 4.69) is 26.3 Å². The zero-order valence-corrected chi connectivity index (χ0v) is 26.3. The van der Waals surface area contributed by atoms with Crippen LogP contribution in [0.4, 0.5) is 0 Å². The molecule has 0 radical (unpaired) electrons. The number of aromatic hydroxyl groups is 1. The topological polar surface area (TPSA) is 173 Å². The first-order valence-electron chi connectivity index (χ1n) is 16.1. The summed E-state index contributed by atoms with van der Waals surface area (Å²) >= 11 is 0. The number of aromatic nitrogens is 1. The van der Waals surface area contributed by atoms with Gasteiger partial charge in [0, 0.05) is 42.9 Å². The Morgan fingerprint density at radius 1 is 0.688 bits per heavy atom. The van der Waals surface area contributed by atoms with Crippen molar-refractivity contribution in [1.29, 1.82) is 0 Å². The van der Waals surface area contributed by atoms with Crippen LogP contribution in [-0.4, -0.2) is 81.8 Å². The van der Waals surface area contributed by atoms with E-state index in [1.54, 1.807) is 18.3 Å². The number of rotatable bonds is 6. The number of phenolic OH excluding ortho intramolecular Hbond substituents is 1. The Morgan fingerprint density at radius 3 is 2.15 bits per heavy atom. The van der Waals surface area contributed by atoms with Gasteiger partial charge in [0.1, 0.15) is 29.9 Å². The van der Waals surface area contributed by atoms with E-state index in [0.717, 1.165) is 22.0 Å². The molecule has 4 aromatic rings. The smallest absolute Gasteiger partial charge is 0.246 e. The number of fused-ring (bicyclic) bond motifs is 2. The van der Waals surface area contributed by atoms with Crippen molar-refractivity contribution in [2.45, 2.75) is 56.3 Å². The number of hydrogen-bond acceptors (Lipinski definition) is 6. The Morgan fingerprint density at radius 2 is 1.35 bits per heavy atom. The molecule has 0 aliphatic carbocycles. The lowest BCUT2D eigenvalue weighted by Crippen LogP contribution is -2.58. The molecule has 0 saturated carbocycles. The Bertz CT molecular complexity index is 1810. The first kappa shape index (κ1) is 32.3. The van der Waals surface area contributed by atoms with Crippen molar-refractivity contribution in [3.05, 3.63) is 102 Å². The number of amides is 5. The summed E-state index contributed by atoms with van der Waals surface area (Å²) in [6.45, 7) is -0.132. The molecular formula is C36H38N6O6. The number of aromatic amines is 1. The number of carbonyl (C=O) groups excluding carboxylic acids is 5. The number of nitrogens with one attached hydrogen (secondary N) is 5. The van der Waals surface area contributed by atoms with Crippen LogP contribution in [0.2, 0.25) is 0 Å². The maximum atomic E-state index is 14.0. The van der Waals surface area contributed by atoms with Gasteiger partial charge in [0.05, 0.1) is 6.54 Å².